The van der Waals surface area contributed by atoms with Crippen molar-refractivity contribution in [3.8, 4) is 0 Å². The summed E-state index contributed by atoms with van der Waals surface area (Å²) in [5, 5.41) is 6.65. The first kappa shape index (κ1) is 13.1. The van der Waals surface area contributed by atoms with Crippen molar-refractivity contribution in [1.29, 1.82) is 0 Å². The standard InChI is InChI=1S/C14H18BrN3O/c1-9-4-5-11(15)12(17-9)13(19)18-14-6-2-3-10(14)7-16-8-14/h4-5,10,16H,2-3,6-8H2,1H3,(H,18,19)/t10-,14-/m0/s1. The molecular formula is C14H18BrN3O. The van der Waals surface area contributed by atoms with E-state index in [2.05, 4.69) is 31.5 Å². The fourth-order valence-electron chi connectivity index (χ4n) is 3.34. The van der Waals surface area contributed by atoms with Crippen LogP contribution in [0.15, 0.2) is 16.6 Å². The summed E-state index contributed by atoms with van der Waals surface area (Å²) < 4.78 is 0.757. The SMILES string of the molecule is Cc1ccc(Br)c(C(=O)N[C@]23CCC[C@H]2CNC3)n1. The molecule has 2 aliphatic rings. The quantitative estimate of drug-likeness (QED) is 0.875. The molecule has 0 radical (unpaired) electrons. The maximum atomic E-state index is 12.5. The Hall–Kier alpha value is -0.940. The zero-order chi connectivity index (χ0) is 13.5. The van der Waals surface area contributed by atoms with Crippen LogP contribution in [0.2, 0.25) is 0 Å². The van der Waals surface area contributed by atoms with E-state index in [4.69, 9.17) is 0 Å². The van der Waals surface area contributed by atoms with Gasteiger partial charge >= 0.3 is 0 Å². The molecule has 0 spiro atoms. The number of nitrogens with one attached hydrogen (secondary N) is 2. The second kappa shape index (κ2) is 4.87. The molecule has 102 valence electrons. The van der Waals surface area contributed by atoms with Crippen molar-refractivity contribution in [2.75, 3.05) is 13.1 Å². The molecule has 1 saturated carbocycles. The van der Waals surface area contributed by atoms with Crippen LogP contribution in [-0.2, 0) is 0 Å². The minimum absolute atomic E-state index is 0.0536. The molecule has 1 saturated heterocycles. The molecule has 1 amide bonds. The van der Waals surface area contributed by atoms with Gasteiger partial charge in [0.05, 0.1) is 5.54 Å². The van der Waals surface area contributed by atoms with Crippen LogP contribution >= 0.6 is 15.9 Å². The van der Waals surface area contributed by atoms with Crippen molar-refractivity contribution >= 4 is 21.8 Å². The molecular weight excluding hydrogens is 306 g/mol. The fraction of sp³-hybridized carbons (Fsp3) is 0.571. The Morgan fingerprint density at radius 3 is 3.26 bits per heavy atom. The second-order valence-corrected chi connectivity index (χ2v) is 6.47. The number of aryl methyl sites for hydroxylation is 1. The van der Waals surface area contributed by atoms with Crippen molar-refractivity contribution < 1.29 is 4.79 Å². The Bertz CT molecular complexity index is 507. The molecule has 19 heavy (non-hydrogen) atoms. The smallest absolute Gasteiger partial charge is 0.271 e. The molecule has 3 rings (SSSR count). The van der Waals surface area contributed by atoms with E-state index in [1.54, 1.807) is 0 Å². The van der Waals surface area contributed by atoms with Gasteiger partial charge in [0.2, 0.25) is 0 Å². The third kappa shape index (κ3) is 2.30. The second-order valence-electron chi connectivity index (χ2n) is 5.61. The topological polar surface area (TPSA) is 54.0 Å². The lowest BCUT2D eigenvalue weighted by Gasteiger charge is -2.29. The zero-order valence-electron chi connectivity index (χ0n) is 11.0. The molecule has 5 heteroatoms. The Morgan fingerprint density at radius 1 is 1.58 bits per heavy atom. The first-order valence-corrected chi connectivity index (χ1v) is 7.56. The molecule has 0 aromatic carbocycles. The number of nitrogens with zero attached hydrogens (tertiary/aromatic N) is 1. The molecule has 2 N–H and O–H groups in total. The number of hydrogen-bond acceptors (Lipinski definition) is 3. The Kier molecular flexibility index (Phi) is 3.35. The van der Waals surface area contributed by atoms with E-state index in [0.29, 0.717) is 11.6 Å². The largest absolute Gasteiger partial charge is 0.344 e. The number of hydrogen-bond donors (Lipinski definition) is 2. The highest BCUT2D eigenvalue weighted by molar-refractivity contribution is 9.10. The Morgan fingerprint density at radius 2 is 2.42 bits per heavy atom. The lowest BCUT2D eigenvalue weighted by Crippen LogP contribution is -2.52. The zero-order valence-corrected chi connectivity index (χ0v) is 12.6. The molecule has 2 atom stereocenters. The number of amides is 1. The summed E-state index contributed by atoms with van der Waals surface area (Å²) in [6.45, 7) is 3.80. The predicted octanol–water partition coefficient (Wildman–Crippen LogP) is 2.02. The molecule has 1 aliphatic carbocycles. The van der Waals surface area contributed by atoms with E-state index in [9.17, 15) is 4.79 Å². The Balaban J connectivity index is 1.83. The summed E-state index contributed by atoms with van der Waals surface area (Å²) in [6, 6.07) is 3.78. The van der Waals surface area contributed by atoms with Gasteiger partial charge in [0, 0.05) is 23.3 Å². The molecule has 4 nitrogen and oxygen atoms in total. The van der Waals surface area contributed by atoms with Crippen molar-refractivity contribution in [1.82, 2.24) is 15.6 Å². The third-order valence-electron chi connectivity index (χ3n) is 4.35. The lowest BCUT2D eigenvalue weighted by molar-refractivity contribution is 0.0887. The van der Waals surface area contributed by atoms with Crippen LogP contribution < -0.4 is 10.6 Å². The van der Waals surface area contributed by atoms with Crippen LogP contribution in [-0.4, -0.2) is 29.5 Å². The molecule has 1 aromatic rings. The van der Waals surface area contributed by atoms with Crippen LogP contribution in [0.1, 0.15) is 35.4 Å². The van der Waals surface area contributed by atoms with Gasteiger partial charge in [0.1, 0.15) is 5.69 Å². The number of aromatic nitrogens is 1. The first-order valence-electron chi connectivity index (χ1n) is 6.77. The van der Waals surface area contributed by atoms with E-state index in [0.717, 1.165) is 29.7 Å². The highest BCUT2D eigenvalue weighted by Gasteiger charge is 2.47. The number of rotatable bonds is 2. The molecule has 0 unspecified atom stereocenters. The lowest BCUT2D eigenvalue weighted by atomic mass is 9.90. The van der Waals surface area contributed by atoms with E-state index in [-0.39, 0.29) is 11.4 Å². The van der Waals surface area contributed by atoms with Crippen molar-refractivity contribution in [3.05, 3.63) is 28.0 Å². The molecule has 2 fully saturated rings. The molecule has 0 bridgehead atoms. The van der Waals surface area contributed by atoms with Gasteiger partial charge in [-0.3, -0.25) is 4.79 Å². The third-order valence-corrected chi connectivity index (χ3v) is 4.99. The Labute approximate surface area is 121 Å². The monoisotopic (exact) mass is 323 g/mol. The van der Waals surface area contributed by atoms with Gasteiger partial charge in [-0.15, -0.1) is 0 Å². The van der Waals surface area contributed by atoms with Crippen molar-refractivity contribution in [2.45, 2.75) is 31.7 Å². The van der Waals surface area contributed by atoms with Crippen LogP contribution in [0.4, 0.5) is 0 Å². The fourth-order valence-corrected chi connectivity index (χ4v) is 3.74. The van der Waals surface area contributed by atoms with Gasteiger partial charge < -0.3 is 10.6 Å². The summed E-state index contributed by atoms with van der Waals surface area (Å²) >= 11 is 3.41. The first-order chi connectivity index (χ1) is 9.11. The highest BCUT2D eigenvalue weighted by atomic mass is 79.9. The van der Waals surface area contributed by atoms with Crippen LogP contribution in [0, 0.1) is 12.8 Å². The van der Waals surface area contributed by atoms with Crippen LogP contribution in [0.25, 0.3) is 0 Å². The molecule has 2 heterocycles. The van der Waals surface area contributed by atoms with E-state index >= 15 is 0 Å². The van der Waals surface area contributed by atoms with Crippen LogP contribution in [0.3, 0.4) is 0 Å². The summed E-state index contributed by atoms with van der Waals surface area (Å²) in [7, 11) is 0. The summed E-state index contributed by atoms with van der Waals surface area (Å²) in [6.07, 6.45) is 3.48. The summed E-state index contributed by atoms with van der Waals surface area (Å²) in [5.41, 5.74) is 1.30. The van der Waals surface area contributed by atoms with Crippen LogP contribution in [0.5, 0.6) is 0 Å². The normalized spacial score (nSPS) is 29.3. The number of fused-ring (bicyclic) bond motifs is 1. The number of halogens is 1. The maximum absolute atomic E-state index is 12.5. The summed E-state index contributed by atoms with van der Waals surface area (Å²) in [5.74, 6) is 0.506. The van der Waals surface area contributed by atoms with Gasteiger partial charge in [-0.2, -0.15) is 0 Å². The number of carbonyl (C=O) groups is 1. The van der Waals surface area contributed by atoms with E-state index in [1.807, 2.05) is 19.1 Å². The molecule has 1 aromatic heterocycles. The van der Waals surface area contributed by atoms with Crippen molar-refractivity contribution in [2.24, 2.45) is 5.92 Å². The average molecular weight is 324 g/mol. The maximum Gasteiger partial charge on any atom is 0.271 e. The summed E-state index contributed by atoms with van der Waals surface area (Å²) in [4.78, 5) is 16.8. The van der Waals surface area contributed by atoms with Gasteiger partial charge in [-0.25, -0.2) is 4.98 Å². The average Bonchev–Trinajstić information content (AvgIpc) is 2.91. The number of pyridine rings is 1. The van der Waals surface area contributed by atoms with E-state index < -0.39 is 0 Å². The highest BCUT2D eigenvalue weighted by Crippen LogP contribution is 2.38. The van der Waals surface area contributed by atoms with Gasteiger partial charge in [-0.05, 0) is 53.7 Å². The van der Waals surface area contributed by atoms with E-state index in [1.165, 1.54) is 12.8 Å². The van der Waals surface area contributed by atoms with Gasteiger partial charge in [-0.1, -0.05) is 6.42 Å². The predicted molar refractivity (Wildman–Crippen MR) is 77.1 cm³/mol. The minimum atomic E-state index is -0.0637. The molecule has 1 aliphatic heterocycles. The van der Waals surface area contributed by atoms with Crippen molar-refractivity contribution in [3.63, 3.8) is 0 Å². The van der Waals surface area contributed by atoms with Gasteiger partial charge in [0.15, 0.2) is 0 Å². The van der Waals surface area contributed by atoms with Gasteiger partial charge in [0.25, 0.3) is 5.91 Å². The number of carbonyl (C=O) groups excluding carboxylic acids is 1. The minimum Gasteiger partial charge on any atom is -0.344 e.